The molecule has 0 spiro atoms. The van der Waals surface area contributed by atoms with Crippen LogP contribution in [0.2, 0.25) is 0 Å². The highest BCUT2D eigenvalue weighted by Gasteiger charge is 2.25. The molecule has 17 heavy (non-hydrogen) atoms. The second kappa shape index (κ2) is 4.98. The topological polar surface area (TPSA) is 55.1 Å². The molecule has 1 aromatic carbocycles. The van der Waals surface area contributed by atoms with Crippen LogP contribution in [-0.2, 0) is 0 Å². The van der Waals surface area contributed by atoms with E-state index in [1.54, 1.807) is 6.92 Å². The van der Waals surface area contributed by atoms with Crippen LogP contribution in [0.15, 0.2) is 24.3 Å². The lowest BCUT2D eigenvalue weighted by Crippen LogP contribution is -2.48. The molecule has 3 unspecified atom stereocenters. The molecule has 1 saturated heterocycles. The van der Waals surface area contributed by atoms with E-state index in [0.29, 0.717) is 12.1 Å². The van der Waals surface area contributed by atoms with Gasteiger partial charge in [-0.2, -0.15) is 0 Å². The van der Waals surface area contributed by atoms with Crippen molar-refractivity contribution in [1.29, 1.82) is 0 Å². The predicted molar refractivity (Wildman–Crippen MR) is 69.0 cm³/mol. The van der Waals surface area contributed by atoms with Gasteiger partial charge in [0.15, 0.2) is 5.78 Å². The third kappa shape index (κ3) is 2.73. The average molecular weight is 232 g/mol. The zero-order valence-corrected chi connectivity index (χ0v) is 10.4. The van der Waals surface area contributed by atoms with Crippen molar-refractivity contribution in [3.8, 4) is 0 Å². The molecule has 0 saturated carbocycles. The van der Waals surface area contributed by atoms with Crippen LogP contribution in [0.4, 0.5) is 0 Å². The molecule has 1 aliphatic heterocycles. The summed E-state index contributed by atoms with van der Waals surface area (Å²) in [5.74, 6) is 0.118. The van der Waals surface area contributed by atoms with Crippen LogP contribution in [0, 0.1) is 0 Å². The zero-order chi connectivity index (χ0) is 12.4. The van der Waals surface area contributed by atoms with Crippen LogP contribution in [0.25, 0.3) is 0 Å². The van der Waals surface area contributed by atoms with Crippen LogP contribution < -0.4 is 11.1 Å². The second-order valence-corrected chi connectivity index (χ2v) is 4.93. The van der Waals surface area contributed by atoms with Gasteiger partial charge in [-0.3, -0.25) is 4.79 Å². The third-order valence-corrected chi connectivity index (χ3v) is 3.59. The van der Waals surface area contributed by atoms with E-state index in [4.69, 9.17) is 5.73 Å². The summed E-state index contributed by atoms with van der Waals surface area (Å²) in [5.41, 5.74) is 7.96. The summed E-state index contributed by atoms with van der Waals surface area (Å²) in [5, 5.41) is 3.51. The number of rotatable bonds is 2. The molecule has 3 N–H and O–H groups in total. The Morgan fingerprint density at radius 1 is 1.41 bits per heavy atom. The largest absolute Gasteiger partial charge is 0.326 e. The molecule has 3 nitrogen and oxygen atoms in total. The Bertz CT molecular complexity index is 416. The summed E-state index contributed by atoms with van der Waals surface area (Å²) in [4.78, 5) is 11.4. The van der Waals surface area contributed by atoms with Gasteiger partial charge in [0.25, 0.3) is 0 Å². The summed E-state index contributed by atoms with van der Waals surface area (Å²) in [7, 11) is 0. The van der Waals surface area contributed by atoms with Gasteiger partial charge in [-0.25, -0.2) is 0 Å². The first-order valence-electron chi connectivity index (χ1n) is 6.20. The fourth-order valence-electron chi connectivity index (χ4n) is 2.37. The first kappa shape index (κ1) is 12.3. The molecule has 0 radical (unpaired) electrons. The number of benzene rings is 1. The lowest BCUT2D eigenvalue weighted by Gasteiger charge is -2.34. The maximum absolute atomic E-state index is 11.4. The summed E-state index contributed by atoms with van der Waals surface area (Å²) in [6.07, 6.45) is 2.07. The van der Waals surface area contributed by atoms with Crippen molar-refractivity contribution < 1.29 is 4.79 Å². The number of carbonyl (C=O) groups excluding carboxylic acids is 1. The van der Waals surface area contributed by atoms with Crippen molar-refractivity contribution in [3.63, 3.8) is 0 Å². The Hall–Kier alpha value is -1.19. The van der Waals surface area contributed by atoms with Crippen LogP contribution in [-0.4, -0.2) is 17.9 Å². The summed E-state index contributed by atoms with van der Waals surface area (Å²) < 4.78 is 0. The van der Waals surface area contributed by atoms with E-state index < -0.39 is 0 Å². The van der Waals surface area contributed by atoms with Crippen molar-refractivity contribution in [2.45, 2.75) is 44.8 Å². The minimum absolute atomic E-state index is 0.118. The van der Waals surface area contributed by atoms with Gasteiger partial charge in [0.05, 0.1) is 0 Å². The molecule has 1 fully saturated rings. The van der Waals surface area contributed by atoms with Crippen molar-refractivity contribution >= 4 is 5.78 Å². The Morgan fingerprint density at radius 2 is 2.18 bits per heavy atom. The van der Waals surface area contributed by atoms with Crippen molar-refractivity contribution in [3.05, 3.63) is 35.4 Å². The van der Waals surface area contributed by atoms with Crippen LogP contribution in [0.5, 0.6) is 0 Å². The Morgan fingerprint density at radius 3 is 2.82 bits per heavy atom. The lowest BCUT2D eigenvalue weighted by atomic mass is 9.90. The highest BCUT2D eigenvalue weighted by molar-refractivity contribution is 5.94. The minimum Gasteiger partial charge on any atom is -0.326 e. The first-order valence-corrected chi connectivity index (χ1v) is 6.20. The molecule has 1 heterocycles. The average Bonchev–Trinajstić information content (AvgIpc) is 2.33. The molecule has 92 valence electrons. The molecule has 2 rings (SSSR count). The molecule has 1 aliphatic rings. The van der Waals surface area contributed by atoms with Crippen LogP contribution in [0.1, 0.15) is 48.7 Å². The Balaban J connectivity index is 2.17. The van der Waals surface area contributed by atoms with Gasteiger partial charge in [-0.1, -0.05) is 18.2 Å². The number of ketones is 1. The number of nitrogens with two attached hydrogens (primary N) is 1. The highest BCUT2D eigenvalue weighted by Crippen LogP contribution is 2.25. The normalized spacial score (nSPS) is 29.0. The lowest BCUT2D eigenvalue weighted by molar-refractivity contribution is 0.101. The fraction of sp³-hybridized carbons (Fsp3) is 0.500. The summed E-state index contributed by atoms with van der Waals surface area (Å²) in [6.45, 7) is 3.72. The number of piperidine rings is 1. The number of hydrogen-bond donors (Lipinski definition) is 2. The van der Waals surface area contributed by atoms with Crippen LogP contribution >= 0.6 is 0 Å². The summed E-state index contributed by atoms with van der Waals surface area (Å²) in [6, 6.07) is 8.77. The molecule has 0 bridgehead atoms. The van der Waals surface area contributed by atoms with Gasteiger partial charge in [0.2, 0.25) is 0 Å². The smallest absolute Gasteiger partial charge is 0.159 e. The van der Waals surface area contributed by atoms with Crippen LogP contribution in [0.3, 0.4) is 0 Å². The molecule has 0 amide bonds. The molecule has 3 atom stereocenters. The van der Waals surface area contributed by atoms with E-state index in [1.165, 1.54) is 5.56 Å². The number of hydrogen-bond acceptors (Lipinski definition) is 3. The van der Waals surface area contributed by atoms with Gasteiger partial charge in [0, 0.05) is 23.7 Å². The van der Waals surface area contributed by atoms with Gasteiger partial charge >= 0.3 is 0 Å². The molecular weight excluding hydrogens is 212 g/mol. The van der Waals surface area contributed by atoms with E-state index in [2.05, 4.69) is 18.3 Å². The van der Waals surface area contributed by atoms with E-state index in [-0.39, 0.29) is 11.8 Å². The quantitative estimate of drug-likeness (QED) is 0.767. The van der Waals surface area contributed by atoms with E-state index >= 15 is 0 Å². The number of Topliss-reactive ketones (excluding diaryl/α,β-unsaturated/α-hetero) is 1. The van der Waals surface area contributed by atoms with E-state index in [0.717, 1.165) is 18.4 Å². The molecular formula is C14H20N2O. The highest BCUT2D eigenvalue weighted by atomic mass is 16.1. The Kier molecular flexibility index (Phi) is 3.60. The monoisotopic (exact) mass is 232 g/mol. The zero-order valence-electron chi connectivity index (χ0n) is 10.4. The maximum atomic E-state index is 11.4. The standard InChI is InChI=1S/C14H20N2O/c1-9-13(15)6-7-14(16-9)12-5-3-4-11(8-12)10(2)17/h3-5,8-9,13-14,16H,6-7,15H2,1-2H3. The predicted octanol–water partition coefficient (Wildman–Crippen LogP) is 2.03. The van der Waals surface area contributed by atoms with Gasteiger partial charge in [-0.05, 0) is 38.3 Å². The SMILES string of the molecule is CC(=O)c1cccc(C2CCC(N)C(C)N2)c1. The molecule has 0 aliphatic carbocycles. The third-order valence-electron chi connectivity index (χ3n) is 3.59. The molecule has 3 heteroatoms. The number of nitrogens with one attached hydrogen (secondary N) is 1. The number of carbonyl (C=O) groups is 1. The molecule has 0 aromatic heterocycles. The maximum Gasteiger partial charge on any atom is 0.159 e. The first-order chi connectivity index (χ1) is 8.08. The summed E-state index contributed by atoms with van der Waals surface area (Å²) >= 11 is 0. The van der Waals surface area contributed by atoms with Gasteiger partial charge in [0.1, 0.15) is 0 Å². The van der Waals surface area contributed by atoms with Crippen molar-refractivity contribution in [2.24, 2.45) is 5.73 Å². The van der Waals surface area contributed by atoms with Gasteiger partial charge in [-0.15, -0.1) is 0 Å². The fourth-order valence-corrected chi connectivity index (χ4v) is 2.37. The van der Waals surface area contributed by atoms with Crippen molar-refractivity contribution in [1.82, 2.24) is 5.32 Å². The second-order valence-electron chi connectivity index (χ2n) is 4.93. The minimum atomic E-state index is 0.118. The molecule has 1 aromatic rings. The van der Waals surface area contributed by atoms with Gasteiger partial charge < -0.3 is 11.1 Å². The van der Waals surface area contributed by atoms with E-state index in [1.807, 2.05) is 18.2 Å². The van der Waals surface area contributed by atoms with Crippen molar-refractivity contribution in [2.75, 3.05) is 0 Å². The van der Waals surface area contributed by atoms with E-state index in [9.17, 15) is 4.79 Å². The Labute approximate surface area is 102 Å².